The van der Waals surface area contributed by atoms with Crippen LogP contribution in [0.15, 0.2) is 39.8 Å². The van der Waals surface area contributed by atoms with E-state index in [1.54, 1.807) is 6.07 Å². The van der Waals surface area contributed by atoms with Crippen molar-refractivity contribution in [3.8, 4) is 0 Å². The molecule has 108 valence electrons. The van der Waals surface area contributed by atoms with Gasteiger partial charge in [-0.25, -0.2) is 13.1 Å². The molecule has 0 atom stereocenters. The highest BCUT2D eigenvalue weighted by molar-refractivity contribution is 7.92. The lowest BCUT2D eigenvalue weighted by Crippen LogP contribution is -2.13. The molecule has 5 nitrogen and oxygen atoms in total. The molecule has 9 heteroatoms. The van der Waals surface area contributed by atoms with Gasteiger partial charge in [-0.1, -0.05) is 23.4 Å². The van der Waals surface area contributed by atoms with Crippen LogP contribution >= 0.6 is 0 Å². The minimum absolute atomic E-state index is 0.0932. The Morgan fingerprint density at radius 2 is 1.80 bits per heavy atom. The summed E-state index contributed by atoms with van der Waals surface area (Å²) in [6.07, 6.45) is -4.70. The van der Waals surface area contributed by atoms with Crippen molar-refractivity contribution in [1.82, 2.24) is 5.16 Å². The van der Waals surface area contributed by atoms with Gasteiger partial charge in [-0.3, -0.25) is 0 Å². The zero-order valence-electron chi connectivity index (χ0n) is 10.1. The Morgan fingerprint density at radius 1 is 1.20 bits per heavy atom. The summed E-state index contributed by atoms with van der Waals surface area (Å²) in [5.74, 6) is -0.554. The van der Waals surface area contributed by atoms with Gasteiger partial charge < -0.3 is 4.52 Å². The van der Waals surface area contributed by atoms with E-state index in [4.69, 9.17) is 0 Å². The molecule has 0 fully saturated rings. The summed E-state index contributed by atoms with van der Waals surface area (Å²) in [5.41, 5.74) is -1.68. The van der Waals surface area contributed by atoms with E-state index in [9.17, 15) is 21.6 Å². The van der Waals surface area contributed by atoms with Crippen molar-refractivity contribution in [3.05, 3.63) is 41.6 Å². The van der Waals surface area contributed by atoms with Gasteiger partial charge >= 0.3 is 6.18 Å². The molecule has 1 aromatic heterocycles. The number of benzene rings is 1. The zero-order chi connectivity index (χ0) is 15.0. The minimum Gasteiger partial charge on any atom is -0.337 e. The largest absolute Gasteiger partial charge is 0.437 e. The van der Waals surface area contributed by atoms with Crippen LogP contribution in [-0.2, 0) is 16.2 Å². The Bertz CT molecular complexity index is 708. The quantitative estimate of drug-likeness (QED) is 0.946. The molecule has 0 aliphatic rings. The van der Waals surface area contributed by atoms with Crippen LogP contribution in [0.1, 0.15) is 11.3 Å². The van der Waals surface area contributed by atoms with Gasteiger partial charge in [0, 0.05) is 5.56 Å². The topological polar surface area (TPSA) is 72.2 Å². The fourth-order valence-electron chi connectivity index (χ4n) is 1.48. The zero-order valence-corrected chi connectivity index (χ0v) is 10.9. The number of nitrogens with zero attached hydrogens (tertiary/aromatic N) is 1. The monoisotopic (exact) mass is 306 g/mol. The molecule has 0 aliphatic heterocycles. The lowest BCUT2D eigenvalue weighted by molar-refractivity contribution is -0.143. The first-order valence-corrected chi connectivity index (χ1v) is 6.81. The molecule has 0 saturated carbocycles. The fraction of sp³-hybridized carbons (Fsp3) is 0.182. The van der Waals surface area contributed by atoms with E-state index < -0.39 is 33.3 Å². The van der Waals surface area contributed by atoms with Gasteiger partial charge in [-0.05, 0) is 19.1 Å². The molecule has 1 aromatic carbocycles. The van der Waals surface area contributed by atoms with E-state index in [0.29, 0.717) is 0 Å². The normalized spacial score (nSPS) is 12.4. The van der Waals surface area contributed by atoms with Crippen LogP contribution in [0.3, 0.4) is 0 Å². The molecule has 0 amide bonds. The molecule has 0 radical (unpaired) electrons. The predicted octanol–water partition coefficient (Wildman–Crippen LogP) is 2.80. The summed E-state index contributed by atoms with van der Waals surface area (Å²) < 4.78 is 67.8. The average molecular weight is 306 g/mol. The van der Waals surface area contributed by atoms with Crippen LogP contribution in [0.25, 0.3) is 0 Å². The highest BCUT2D eigenvalue weighted by Crippen LogP contribution is 2.34. The van der Waals surface area contributed by atoms with Crippen molar-refractivity contribution in [3.63, 3.8) is 0 Å². The van der Waals surface area contributed by atoms with Crippen LogP contribution in [0, 0.1) is 6.92 Å². The van der Waals surface area contributed by atoms with Crippen molar-refractivity contribution < 1.29 is 26.1 Å². The van der Waals surface area contributed by atoms with Crippen LogP contribution in [-0.4, -0.2) is 13.6 Å². The van der Waals surface area contributed by atoms with Gasteiger partial charge in [0.1, 0.15) is 0 Å². The summed E-state index contributed by atoms with van der Waals surface area (Å²) in [5, 5.41) is 2.84. The molecular formula is C11H9F3N2O3S. The van der Waals surface area contributed by atoms with Crippen LogP contribution in [0.4, 0.5) is 19.1 Å². The first-order valence-electron chi connectivity index (χ1n) is 5.33. The van der Waals surface area contributed by atoms with E-state index in [1.165, 1.54) is 24.3 Å². The molecule has 0 unspecified atom stereocenters. The fourth-order valence-corrected chi connectivity index (χ4v) is 2.54. The highest BCUT2D eigenvalue weighted by atomic mass is 32.2. The summed E-state index contributed by atoms with van der Waals surface area (Å²) >= 11 is 0. The molecule has 0 spiro atoms. The molecule has 0 saturated heterocycles. The Balaban J connectivity index is 2.34. The number of halogens is 3. The summed E-state index contributed by atoms with van der Waals surface area (Å²) in [7, 11) is -4.02. The van der Waals surface area contributed by atoms with Gasteiger partial charge in [-0.15, -0.1) is 0 Å². The third kappa shape index (κ3) is 2.77. The molecular weight excluding hydrogens is 297 g/mol. The summed E-state index contributed by atoms with van der Waals surface area (Å²) in [6.45, 7) is 1.07. The van der Waals surface area contributed by atoms with Crippen LogP contribution < -0.4 is 4.72 Å². The molecule has 2 aromatic rings. The summed E-state index contributed by atoms with van der Waals surface area (Å²) in [6, 6.07) is 7.20. The number of hydrogen-bond donors (Lipinski definition) is 1. The number of nitrogens with one attached hydrogen (secondary N) is 1. The van der Waals surface area contributed by atoms with Crippen molar-refractivity contribution >= 4 is 15.9 Å². The third-order valence-corrected chi connectivity index (χ3v) is 3.82. The molecule has 0 aliphatic carbocycles. The number of aromatic nitrogens is 1. The van der Waals surface area contributed by atoms with E-state index in [0.717, 1.165) is 6.92 Å². The maximum Gasteiger partial charge on any atom is 0.437 e. The number of sulfonamides is 1. The minimum atomic E-state index is -4.70. The molecule has 20 heavy (non-hydrogen) atoms. The van der Waals surface area contributed by atoms with Crippen molar-refractivity contribution in [2.24, 2.45) is 0 Å². The van der Waals surface area contributed by atoms with Crippen molar-refractivity contribution in [2.45, 2.75) is 18.0 Å². The number of hydrogen-bond acceptors (Lipinski definition) is 4. The number of anilines is 1. The van der Waals surface area contributed by atoms with E-state index in [-0.39, 0.29) is 4.90 Å². The predicted molar refractivity (Wildman–Crippen MR) is 63.5 cm³/mol. The van der Waals surface area contributed by atoms with E-state index in [1.807, 2.05) is 4.72 Å². The highest BCUT2D eigenvalue weighted by Gasteiger charge is 2.38. The smallest absolute Gasteiger partial charge is 0.337 e. The van der Waals surface area contributed by atoms with Crippen LogP contribution in [0.2, 0.25) is 0 Å². The molecule has 1 heterocycles. The van der Waals surface area contributed by atoms with Crippen LogP contribution in [0.5, 0.6) is 0 Å². The first kappa shape index (κ1) is 14.4. The molecule has 1 N–H and O–H groups in total. The second-order valence-corrected chi connectivity index (χ2v) is 5.58. The summed E-state index contributed by atoms with van der Waals surface area (Å²) in [4.78, 5) is -0.0932. The standard InChI is InChI=1S/C11H9F3N2O3S/c1-7-9(11(12,13)14)15-19-10(7)16-20(17,18)8-5-3-2-4-6-8/h2-6,16H,1H3. The average Bonchev–Trinajstić information content (AvgIpc) is 2.71. The van der Waals surface area contributed by atoms with E-state index >= 15 is 0 Å². The number of rotatable bonds is 3. The Kier molecular flexibility index (Phi) is 3.46. The van der Waals surface area contributed by atoms with Gasteiger partial charge in [-0.2, -0.15) is 13.2 Å². The lowest BCUT2D eigenvalue weighted by Gasteiger charge is -2.05. The number of alkyl halides is 3. The maximum atomic E-state index is 12.5. The van der Waals surface area contributed by atoms with Gasteiger partial charge in [0.25, 0.3) is 10.0 Å². The van der Waals surface area contributed by atoms with Gasteiger partial charge in [0.15, 0.2) is 5.69 Å². The van der Waals surface area contributed by atoms with Crippen molar-refractivity contribution in [1.29, 1.82) is 0 Å². The second-order valence-electron chi connectivity index (χ2n) is 3.90. The SMILES string of the molecule is Cc1c(C(F)(F)F)noc1NS(=O)(=O)c1ccccc1. The second kappa shape index (κ2) is 4.82. The van der Waals surface area contributed by atoms with Crippen molar-refractivity contribution in [2.75, 3.05) is 4.72 Å². The Labute approximate surface area is 112 Å². The third-order valence-electron chi connectivity index (χ3n) is 2.47. The van der Waals surface area contributed by atoms with Gasteiger partial charge in [0.2, 0.25) is 5.88 Å². The van der Waals surface area contributed by atoms with E-state index in [2.05, 4.69) is 9.68 Å². The Morgan fingerprint density at radius 3 is 2.30 bits per heavy atom. The lowest BCUT2D eigenvalue weighted by atomic mass is 10.2. The molecule has 0 bridgehead atoms. The Hall–Kier alpha value is -2.03. The maximum absolute atomic E-state index is 12.5. The first-order chi connectivity index (χ1) is 9.22. The van der Waals surface area contributed by atoms with Gasteiger partial charge in [0.05, 0.1) is 4.90 Å². The molecule has 2 rings (SSSR count).